The zero-order chi connectivity index (χ0) is 15.6. The fraction of sp³-hybridized carbons (Fsp3) is 0.533. The molecule has 20 heavy (non-hydrogen) atoms. The highest BCUT2D eigenvalue weighted by Crippen LogP contribution is 2.36. The molecule has 0 aliphatic rings. The Bertz CT molecular complexity index is 532. The van der Waals surface area contributed by atoms with E-state index in [1.807, 2.05) is 6.07 Å². The van der Waals surface area contributed by atoms with Crippen molar-refractivity contribution in [1.29, 1.82) is 5.26 Å². The van der Waals surface area contributed by atoms with Crippen molar-refractivity contribution < 1.29 is 8.82 Å². The summed E-state index contributed by atoms with van der Waals surface area (Å²) < 4.78 is 20.3. The van der Waals surface area contributed by atoms with Crippen LogP contribution < -0.4 is 0 Å². The largest absolute Gasteiger partial charge is 0.416 e. The Morgan fingerprint density at radius 1 is 1.35 bits per heavy atom. The number of nitrogens with zero attached hydrogens (tertiary/aromatic N) is 1. The lowest BCUT2D eigenvalue weighted by Crippen LogP contribution is -2.41. The van der Waals surface area contributed by atoms with Crippen LogP contribution in [0.15, 0.2) is 16.6 Å². The Morgan fingerprint density at radius 2 is 1.95 bits per heavy atom. The number of benzene rings is 1. The first-order valence-corrected chi connectivity index (χ1v) is 10.3. The lowest BCUT2D eigenvalue weighted by Gasteiger charge is -2.36. The molecule has 0 spiro atoms. The third kappa shape index (κ3) is 3.91. The van der Waals surface area contributed by atoms with Gasteiger partial charge in [0.25, 0.3) is 0 Å². The van der Waals surface area contributed by atoms with Gasteiger partial charge < -0.3 is 4.43 Å². The van der Waals surface area contributed by atoms with E-state index in [4.69, 9.17) is 9.69 Å². The Morgan fingerprint density at radius 3 is 2.45 bits per heavy atom. The van der Waals surface area contributed by atoms with Gasteiger partial charge in [-0.25, -0.2) is 4.39 Å². The van der Waals surface area contributed by atoms with Crippen LogP contribution in [0, 0.1) is 17.1 Å². The molecular formula is C15H21BrFNOSi. The monoisotopic (exact) mass is 357 g/mol. The van der Waals surface area contributed by atoms with Gasteiger partial charge in [-0.3, -0.25) is 0 Å². The summed E-state index contributed by atoms with van der Waals surface area (Å²) in [5, 5.41) is 8.99. The summed E-state index contributed by atoms with van der Waals surface area (Å²) in [6, 6.07) is 5.25. The number of hydrogen-bond acceptors (Lipinski definition) is 2. The highest BCUT2D eigenvalue weighted by Gasteiger charge is 2.36. The molecule has 1 aromatic carbocycles. The van der Waals surface area contributed by atoms with Crippen molar-refractivity contribution in [2.24, 2.45) is 0 Å². The maximum atomic E-state index is 14.1. The van der Waals surface area contributed by atoms with Crippen LogP contribution in [0.2, 0.25) is 18.1 Å². The molecule has 1 aromatic rings. The molecule has 0 atom stereocenters. The summed E-state index contributed by atoms with van der Waals surface area (Å²) in [5.41, 5.74) is 0.895. The molecule has 0 unspecified atom stereocenters. The molecule has 1 rings (SSSR count). The Kier molecular flexibility index (Phi) is 5.53. The molecule has 0 aliphatic heterocycles. The molecule has 110 valence electrons. The van der Waals surface area contributed by atoms with E-state index >= 15 is 0 Å². The third-order valence-corrected chi connectivity index (χ3v) is 9.24. The average Bonchev–Trinajstić information content (AvgIpc) is 2.33. The standard InChI is InChI=1S/C15H21BrFNOSi/c1-15(2,3)20(4,5)19-9-8-11-6-7-12(10-18)13(16)14(11)17/h6-7H,8-9H2,1-5H3. The van der Waals surface area contributed by atoms with Gasteiger partial charge >= 0.3 is 0 Å². The van der Waals surface area contributed by atoms with E-state index in [2.05, 4.69) is 49.8 Å². The minimum absolute atomic E-state index is 0.150. The summed E-state index contributed by atoms with van der Waals surface area (Å²) >= 11 is 3.12. The van der Waals surface area contributed by atoms with Crippen LogP contribution in [0.25, 0.3) is 0 Å². The second-order valence-electron chi connectivity index (χ2n) is 6.37. The van der Waals surface area contributed by atoms with Gasteiger partial charge in [0.15, 0.2) is 8.32 Å². The quantitative estimate of drug-likeness (QED) is 0.708. The molecule has 0 saturated heterocycles. The van der Waals surface area contributed by atoms with Crippen LogP contribution in [-0.2, 0) is 10.8 Å². The van der Waals surface area contributed by atoms with Crippen molar-refractivity contribution in [1.82, 2.24) is 0 Å². The van der Waals surface area contributed by atoms with E-state index in [1.54, 1.807) is 12.1 Å². The molecule has 0 radical (unpaired) electrons. The number of halogens is 2. The van der Waals surface area contributed by atoms with Gasteiger partial charge in [-0.2, -0.15) is 5.26 Å². The number of hydrogen-bond donors (Lipinski definition) is 0. The smallest absolute Gasteiger partial charge is 0.191 e. The summed E-state index contributed by atoms with van der Waals surface area (Å²) in [4.78, 5) is 0. The maximum absolute atomic E-state index is 14.1. The minimum atomic E-state index is -1.79. The first kappa shape index (κ1) is 17.3. The maximum Gasteiger partial charge on any atom is 0.191 e. The zero-order valence-corrected chi connectivity index (χ0v) is 15.3. The first-order valence-electron chi connectivity index (χ1n) is 6.61. The Balaban J connectivity index is 2.74. The molecule has 0 saturated carbocycles. The second kappa shape index (κ2) is 6.38. The first-order chi connectivity index (χ1) is 9.10. The van der Waals surface area contributed by atoms with Gasteiger partial charge in [0.05, 0.1) is 10.0 Å². The summed E-state index contributed by atoms with van der Waals surface area (Å²) in [7, 11) is -1.79. The number of nitriles is 1. The van der Waals surface area contributed by atoms with Crippen LogP contribution in [0.1, 0.15) is 31.9 Å². The van der Waals surface area contributed by atoms with E-state index in [0.717, 1.165) is 0 Å². The summed E-state index contributed by atoms with van der Waals surface area (Å²) in [6.45, 7) is 11.4. The predicted molar refractivity (Wildman–Crippen MR) is 85.7 cm³/mol. The van der Waals surface area contributed by atoms with E-state index in [-0.39, 0.29) is 15.3 Å². The molecule has 0 bridgehead atoms. The van der Waals surface area contributed by atoms with Crippen LogP contribution in [0.3, 0.4) is 0 Å². The molecule has 5 heteroatoms. The van der Waals surface area contributed by atoms with Crippen molar-refractivity contribution in [3.63, 3.8) is 0 Å². The Labute approximate surface area is 130 Å². The third-order valence-electron chi connectivity index (χ3n) is 3.92. The van der Waals surface area contributed by atoms with Crippen molar-refractivity contribution >= 4 is 24.2 Å². The van der Waals surface area contributed by atoms with Crippen LogP contribution in [0.5, 0.6) is 0 Å². The molecule has 0 aliphatic carbocycles. The normalized spacial score (nSPS) is 12.3. The van der Waals surface area contributed by atoms with Gasteiger partial charge in [-0.15, -0.1) is 0 Å². The van der Waals surface area contributed by atoms with E-state index in [9.17, 15) is 4.39 Å². The highest BCUT2D eigenvalue weighted by atomic mass is 79.9. The van der Waals surface area contributed by atoms with Crippen LogP contribution >= 0.6 is 15.9 Å². The molecule has 0 N–H and O–H groups in total. The summed E-state index contributed by atoms with van der Waals surface area (Å²) in [5.74, 6) is -0.358. The molecule has 0 fully saturated rings. The fourth-order valence-corrected chi connectivity index (χ4v) is 3.02. The van der Waals surface area contributed by atoms with Crippen LogP contribution in [0.4, 0.5) is 4.39 Å². The van der Waals surface area contributed by atoms with Gasteiger partial charge in [-0.05, 0) is 52.1 Å². The van der Waals surface area contributed by atoms with Crippen molar-refractivity contribution in [2.45, 2.75) is 45.3 Å². The lowest BCUT2D eigenvalue weighted by atomic mass is 10.1. The molecule has 0 heterocycles. The van der Waals surface area contributed by atoms with E-state index in [1.165, 1.54) is 0 Å². The van der Waals surface area contributed by atoms with Crippen molar-refractivity contribution in [2.75, 3.05) is 6.61 Å². The number of rotatable bonds is 4. The average molecular weight is 358 g/mol. The van der Waals surface area contributed by atoms with Gasteiger partial charge in [0, 0.05) is 6.61 Å². The zero-order valence-electron chi connectivity index (χ0n) is 12.7. The van der Waals surface area contributed by atoms with Crippen molar-refractivity contribution in [3.8, 4) is 6.07 Å². The topological polar surface area (TPSA) is 33.0 Å². The van der Waals surface area contributed by atoms with Crippen LogP contribution in [-0.4, -0.2) is 14.9 Å². The SMILES string of the molecule is CC(C)(C)[Si](C)(C)OCCc1ccc(C#N)c(Br)c1F. The van der Waals surface area contributed by atoms with Crippen molar-refractivity contribution in [3.05, 3.63) is 33.5 Å². The van der Waals surface area contributed by atoms with Gasteiger partial charge in [-0.1, -0.05) is 26.8 Å². The minimum Gasteiger partial charge on any atom is -0.416 e. The fourth-order valence-electron chi connectivity index (χ4n) is 1.50. The highest BCUT2D eigenvalue weighted by molar-refractivity contribution is 9.10. The van der Waals surface area contributed by atoms with Gasteiger partial charge in [0.1, 0.15) is 11.9 Å². The van der Waals surface area contributed by atoms with E-state index in [0.29, 0.717) is 24.2 Å². The second-order valence-corrected chi connectivity index (χ2v) is 12.0. The van der Waals surface area contributed by atoms with E-state index < -0.39 is 8.32 Å². The Hall–Kier alpha value is -0.703. The van der Waals surface area contributed by atoms with Gasteiger partial charge in [0.2, 0.25) is 0 Å². The summed E-state index contributed by atoms with van der Waals surface area (Å²) in [6.07, 6.45) is 0.517. The lowest BCUT2D eigenvalue weighted by molar-refractivity contribution is 0.290. The molecular weight excluding hydrogens is 337 g/mol. The molecule has 2 nitrogen and oxygen atoms in total. The molecule has 0 aromatic heterocycles. The predicted octanol–water partition coefficient (Wildman–Crippen LogP) is 5.02. The molecule has 0 amide bonds.